The molecule has 128 valence electrons. The average molecular weight is 347 g/mol. The van der Waals surface area contributed by atoms with Gasteiger partial charge in [0.25, 0.3) is 0 Å². The minimum Gasteiger partial charge on any atom is -0.457 e. The summed E-state index contributed by atoms with van der Waals surface area (Å²) in [6.07, 6.45) is 0. The zero-order valence-corrected chi connectivity index (χ0v) is 15.1. The van der Waals surface area contributed by atoms with Crippen molar-refractivity contribution in [2.45, 2.75) is 25.3 Å². The van der Waals surface area contributed by atoms with Crippen molar-refractivity contribution in [3.8, 4) is 0 Å². The quantitative estimate of drug-likeness (QED) is 0.780. The van der Waals surface area contributed by atoms with Crippen molar-refractivity contribution < 1.29 is 17.9 Å². The topological polar surface area (TPSA) is 63.7 Å². The van der Waals surface area contributed by atoms with E-state index >= 15 is 0 Å². The number of nitrogens with zero attached hydrogens (tertiary/aromatic N) is 1. The van der Waals surface area contributed by atoms with Crippen molar-refractivity contribution >= 4 is 16.0 Å². The van der Waals surface area contributed by atoms with Crippen molar-refractivity contribution in [1.82, 2.24) is 4.31 Å². The fourth-order valence-corrected chi connectivity index (χ4v) is 3.15. The Balaban J connectivity index is 2.23. The summed E-state index contributed by atoms with van der Waals surface area (Å²) in [5.41, 5.74) is 2.89. The van der Waals surface area contributed by atoms with Gasteiger partial charge in [-0.05, 0) is 37.1 Å². The number of esters is 1. The summed E-state index contributed by atoms with van der Waals surface area (Å²) in [6.45, 7) is 3.85. The van der Waals surface area contributed by atoms with Crippen LogP contribution < -0.4 is 0 Å². The molecular formula is C18H21NO4S. The molecule has 0 aliphatic carbocycles. The highest BCUT2D eigenvalue weighted by Crippen LogP contribution is 2.19. The van der Waals surface area contributed by atoms with Gasteiger partial charge in [-0.1, -0.05) is 35.9 Å². The average Bonchev–Trinajstić information content (AvgIpc) is 2.52. The highest BCUT2D eigenvalue weighted by Gasteiger charge is 2.20. The number of carbonyl (C=O) groups is 1. The Morgan fingerprint density at radius 1 is 1.08 bits per heavy atom. The Bertz CT molecular complexity index is 857. The monoisotopic (exact) mass is 347 g/mol. The van der Waals surface area contributed by atoms with Gasteiger partial charge in [-0.25, -0.2) is 17.5 Å². The largest absolute Gasteiger partial charge is 0.457 e. The number of aryl methyl sites for hydroxylation is 2. The van der Waals surface area contributed by atoms with E-state index in [-0.39, 0.29) is 17.1 Å². The van der Waals surface area contributed by atoms with Crippen molar-refractivity contribution in [2.75, 3.05) is 14.1 Å². The predicted octanol–water partition coefficient (Wildman–Crippen LogP) is 2.91. The number of hydrogen-bond donors (Lipinski definition) is 0. The summed E-state index contributed by atoms with van der Waals surface area (Å²) in [5, 5.41) is 0. The van der Waals surface area contributed by atoms with E-state index < -0.39 is 16.0 Å². The molecule has 0 saturated heterocycles. The van der Waals surface area contributed by atoms with E-state index in [9.17, 15) is 13.2 Å². The maximum absolute atomic E-state index is 12.3. The molecule has 2 aromatic carbocycles. The number of rotatable bonds is 5. The Hall–Kier alpha value is -2.18. The number of carbonyl (C=O) groups excluding carboxylic acids is 1. The molecule has 0 saturated carbocycles. The minimum atomic E-state index is -3.60. The lowest BCUT2D eigenvalue weighted by Gasteiger charge is -2.13. The van der Waals surface area contributed by atoms with E-state index in [0.29, 0.717) is 5.56 Å². The molecule has 24 heavy (non-hydrogen) atoms. The summed E-state index contributed by atoms with van der Waals surface area (Å²) in [7, 11) is -0.698. The first kappa shape index (κ1) is 18.2. The molecule has 0 heterocycles. The van der Waals surface area contributed by atoms with Crippen LogP contribution in [0.5, 0.6) is 0 Å². The van der Waals surface area contributed by atoms with Crippen LogP contribution in [0.4, 0.5) is 0 Å². The number of benzene rings is 2. The number of ether oxygens (including phenoxy) is 1. The molecule has 5 nitrogen and oxygen atoms in total. The molecule has 0 fully saturated rings. The molecule has 0 unspecified atom stereocenters. The van der Waals surface area contributed by atoms with Crippen LogP contribution in [-0.4, -0.2) is 32.8 Å². The van der Waals surface area contributed by atoms with E-state index in [1.807, 2.05) is 31.2 Å². The lowest BCUT2D eigenvalue weighted by molar-refractivity contribution is 0.0471. The van der Waals surface area contributed by atoms with Gasteiger partial charge in [0, 0.05) is 14.1 Å². The first-order valence-corrected chi connectivity index (χ1v) is 8.91. The van der Waals surface area contributed by atoms with Crippen LogP contribution in [0.25, 0.3) is 0 Å². The third-order valence-corrected chi connectivity index (χ3v) is 5.47. The zero-order valence-electron chi connectivity index (χ0n) is 14.2. The van der Waals surface area contributed by atoms with Crippen LogP contribution in [0.3, 0.4) is 0 Å². The molecule has 0 bridgehead atoms. The van der Waals surface area contributed by atoms with Crippen LogP contribution in [0.15, 0.2) is 47.4 Å². The van der Waals surface area contributed by atoms with Gasteiger partial charge >= 0.3 is 5.97 Å². The van der Waals surface area contributed by atoms with Crippen molar-refractivity contribution in [3.63, 3.8) is 0 Å². The molecular weight excluding hydrogens is 326 g/mol. The first-order chi connectivity index (χ1) is 11.2. The van der Waals surface area contributed by atoms with Gasteiger partial charge in [-0.3, -0.25) is 0 Å². The van der Waals surface area contributed by atoms with Gasteiger partial charge in [-0.15, -0.1) is 0 Å². The summed E-state index contributed by atoms with van der Waals surface area (Å²) < 4.78 is 30.9. The molecule has 2 rings (SSSR count). The van der Waals surface area contributed by atoms with Gasteiger partial charge in [0.15, 0.2) is 0 Å². The normalized spacial score (nSPS) is 11.5. The predicted molar refractivity (Wildman–Crippen MR) is 92.4 cm³/mol. The van der Waals surface area contributed by atoms with E-state index in [2.05, 4.69) is 0 Å². The first-order valence-electron chi connectivity index (χ1n) is 7.47. The molecule has 2 aromatic rings. The van der Waals surface area contributed by atoms with Crippen molar-refractivity contribution in [1.29, 1.82) is 0 Å². The van der Waals surface area contributed by atoms with E-state index in [1.54, 1.807) is 13.0 Å². The minimum absolute atomic E-state index is 0.0700. The fourth-order valence-electron chi connectivity index (χ4n) is 2.22. The maximum Gasteiger partial charge on any atom is 0.338 e. The molecule has 0 aliphatic rings. The van der Waals surface area contributed by atoms with Gasteiger partial charge in [0.2, 0.25) is 10.0 Å². The van der Waals surface area contributed by atoms with Gasteiger partial charge in [-0.2, -0.15) is 0 Å². The van der Waals surface area contributed by atoms with Crippen LogP contribution in [0, 0.1) is 13.8 Å². The van der Waals surface area contributed by atoms with E-state index in [0.717, 1.165) is 15.4 Å². The van der Waals surface area contributed by atoms with E-state index in [4.69, 9.17) is 4.74 Å². The van der Waals surface area contributed by atoms with Gasteiger partial charge in [0.1, 0.15) is 6.61 Å². The standard InChI is InChI=1S/C18H21NO4S/c1-13-6-5-7-15(10-13)12-23-18(20)17-11-16(9-8-14(17)2)24(21,22)19(3)4/h5-11H,12H2,1-4H3. The lowest BCUT2D eigenvalue weighted by atomic mass is 10.1. The second-order valence-corrected chi connectivity index (χ2v) is 7.98. The van der Waals surface area contributed by atoms with Crippen molar-refractivity contribution in [3.05, 3.63) is 64.7 Å². The molecule has 0 atom stereocenters. The third kappa shape index (κ3) is 4.01. The van der Waals surface area contributed by atoms with Gasteiger partial charge in [0.05, 0.1) is 10.5 Å². The highest BCUT2D eigenvalue weighted by atomic mass is 32.2. The second-order valence-electron chi connectivity index (χ2n) is 5.83. The summed E-state index contributed by atoms with van der Waals surface area (Å²) >= 11 is 0. The second kappa shape index (κ2) is 7.15. The molecule has 0 N–H and O–H groups in total. The fraction of sp³-hybridized carbons (Fsp3) is 0.278. The molecule has 0 aromatic heterocycles. The van der Waals surface area contributed by atoms with Crippen LogP contribution in [0.1, 0.15) is 27.0 Å². The van der Waals surface area contributed by atoms with Crippen LogP contribution in [0.2, 0.25) is 0 Å². The SMILES string of the molecule is Cc1cccc(COC(=O)c2cc(S(=O)(=O)N(C)C)ccc2C)c1. The third-order valence-electron chi connectivity index (χ3n) is 3.66. The molecule has 0 spiro atoms. The molecule has 0 radical (unpaired) electrons. The van der Waals surface area contributed by atoms with E-state index in [1.165, 1.54) is 26.2 Å². The Morgan fingerprint density at radius 3 is 2.42 bits per heavy atom. The number of hydrogen-bond acceptors (Lipinski definition) is 4. The number of sulfonamides is 1. The Labute approximate surface area is 142 Å². The Morgan fingerprint density at radius 2 is 1.79 bits per heavy atom. The summed E-state index contributed by atoms with van der Waals surface area (Å²) in [6, 6.07) is 12.1. The molecule has 6 heteroatoms. The summed E-state index contributed by atoms with van der Waals surface area (Å²) in [5.74, 6) is -0.537. The van der Waals surface area contributed by atoms with Crippen LogP contribution >= 0.6 is 0 Å². The zero-order chi connectivity index (χ0) is 17.9. The smallest absolute Gasteiger partial charge is 0.338 e. The van der Waals surface area contributed by atoms with Gasteiger partial charge < -0.3 is 4.74 Å². The maximum atomic E-state index is 12.3. The summed E-state index contributed by atoms with van der Waals surface area (Å²) in [4.78, 5) is 12.4. The Kier molecular flexibility index (Phi) is 5.41. The lowest BCUT2D eigenvalue weighted by Crippen LogP contribution is -2.22. The van der Waals surface area contributed by atoms with Crippen molar-refractivity contribution in [2.24, 2.45) is 0 Å². The van der Waals surface area contributed by atoms with Crippen LogP contribution in [-0.2, 0) is 21.4 Å². The molecule has 0 aliphatic heterocycles. The highest BCUT2D eigenvalue weighted by molar-refractivity contribution is 7.89. The molecule has 0 amide bonds.